The molecule has 2 rings (SSSR count). The fourth-order valence-electron chi connectivity index (χ4n) is 2.36. The van der Waals surface area contributed by atoms with Crippen LogP contribution in [0, 0.1) is 0 Å². The van der Waals surface area contributed by atoms with Crippen LogP contribution in [0.4, 0.5) is 5.69 Å². The number of halogens is 2. The van der Waals surface area contributed by atoms with Gasteiger partial charge in [0, 0.05) is 32.6 Å². The maximum Gasteiger partial charge on any atom is 0.252 e. The maximum absolute atomic E-state index is 12.4. The van der Waals surface area contributed by atoms with Gasteiger partial charge in [0.25, 0.3) is 5.91 Å². The molecule has 0 spiro atoms. The average molecular weight is 392 g/mol. The minimum absolute atomic E-state index is 0. The summed E-state index contributed by atoms with van der Waals surface area (Å²) in [6.45, 7) is 1.73. The predicted molar refractivity (Wildman–Crippen MR) is 98.5 cm³/mol. The smallest absolute Gasteiger partial charge is 0.252 e. The van der Waals surface area contributed by atoms with E-state index < -0.39 is 5.54 Å². The fraction of sp³-hybridized carbons (Fsp3) is 0.500. The van der Waals surface area contributed by atoms with Crippen molar-refractivity contribution in [3.63, 3.8) is 0 Å². The lowest BCUT2D eigenvalue weighted by molar-refractivity contribution is -0.124. The van der Waals surface area contributed by atoms with Gasteiger partial charge < -0.3 is 25.8 Å². The first kappa shape index (κ1) is 21.7. The van der Waals surface area contributed by atoms with Crippen molar-refractivity contribution in [3.05, 3.63) is 28.8 Å². The van der Waals surface area contributed by atoms with Gasteiger partial charge in [-0.2, -0.15) is 0 Å². The largest absolute Gasteiger partial charge is 0.383 e. The van der Waals surface area contributed by atoms with Gasteiger partial charge in [-0.15, -0.1) is 12.4 Å². The van der Waals surface area contributed by atoms with Crippen molar-refractivity contribution in [1.29, 1.82) is 0 Å². The van der Waals surface area contributed by atoms with E-state index in [4.69, 9.17) is 26.8 Å². The van der Waals surface area contributed by atoms with Crippen molar-refractivity contribution >= 4 is 41.5 Å². The van der Waals surface area contributed by atoms with Crippen LogP contribution in [-0.2, 0) is 14.3 Å². The van der Waals surface area contributed by atoms with E-state index in [0.29, 0.717) is 50.5 Å². The molecule has 0 aliphatic carbocycles. The first-order valence-electron chi connectivity index (χ1n) is 7.71. The van der Waals surface area contributed by atoms with E-state index in [1.165, 1.54) is 6.07 Å². The number of rotatable bonds is 6. The third-order valence-electron chi connectivity index (χ3n) is 3.90. The zero-order valence-corrected chi connectivity index (χ0v) is 15.5. The van der Waals surface area contributed by atoms with Crippen LogP contribution in [0.3, 0.4) is 0 Å². The molecule has 1 fully saturated rings. The lowest BCUT2D eigenvalue weighted by atomic mass is 9.90. The Morgan fingerprint density at radius 1 is 1.36 bits per heavy atom. The summed E-state index contributed by atoms with van der Waals surface area (Å²) in [5.74, 6) is -0.575. The third kappa shape index (κ3) is 5.83. The van der Waals surface area contributed by atoms with E-state index in [9.17, 15) is 9.59 Å². The van der Waals surface area contributed by atoms with Gasteiger partial charge in [-0.1, -0.05) is 11.6 Å². The van der Waals surface area contributed by atoms with E-state index in [0.717, 1.165) is 0 Å². The molecule has 9 heteroatoms. The number of amides is 2. The second-order valence-electron chi connectivity index (χ2n) is 5.67. The van der Waals surface area contributed by atoms with E-state index in [1.54, 1.807) is 19.2 Å². The van der Waals surface area contributed by atoms with Crippen molar-refractivity contribution in [2.75, 3.05) is 38.8 Å². The Morgan fingerprint density at radius 2 is 2.04 bits per heavy atom. The lowest BCUT2D eigenvalue weighted by Gasteiger charge is -2.31. The van der Waals surface area contributed by atoms with E-state index in [1.807, 2.05) is 0 Å². The van der Waals surface area contributed by atoms with E-state index in [-0.39, 0.29) is 29.2 Å². The van der Waals surface area contributed by atoms with Crippen LogP contribution >= 0.6 is 24.0 Å². The first-order valence-corrected chi connectivity index (χ1v) is 8.09. The number of ether oxygens (including phenoxy) is 2. The van der Waals surface area contributed by atoms with Crippen LogP contribution in [-0.4, -0.2) is 50.8 Å². The fourth-order valence-corrected chi connectivity index (χ4v) is 2.62. The molecule has 1 saturated heterocycles. The number of nitrogens with one attached hydrogen (secondary N) is 2. The summed E-state index contributed by atoms with van der Waals surface area (Å²) in [7, 11) is 1.55. The Balaban J connectivity index is 0.00000312. The normalized spacial score (nSPS) is 15.8. The van der Waals surface area contributed by atoms with Crippen LogP contribution in [0.25, 0.3) is 0 Å². The summed E-state index contributed by atoms with van der Waals surface area (Å²) in [5.41, 5.74) is 6.02. The monoisotopic (exact) mass is 391 g/mol. The minimum atomic E-state index is -0.944. The number of nitrogens with two attached hydrogens (primary N) is 1. The lowest BCUT2D eigenvalue weighted by Crippen LogP contribution is -2.54. The molecule has 0 saturated carbocycles. The molecule has 2 amide bonds. The van der Waals surface area contributed by atoms with Crippen LogP contribution < -0.4 is 16.4 Å². The summed E-state index contributed by atoms with van der Waals surface area (Å²) in [4.78, 5) is 24.4. The molecule has 0 bridgehead atoms. The van der Waals surface area contributed by atoms with Gasteiger partial charge in [0.15, 0.2) is 0 Å². The van der Waals surface area contributed by atoms with Crippen LogP contribution in [0.2, 0.25) is 5.02 Å². The zero-order valence-electron chi connectivity index (χ0n) is 14.0. The Morgan fingerprint density at radius 3 is 2.64 bits per heavy atom. The predicted octanol–water partition coefficient (Wildman–Crippen LogP) is 1.58. The van der Waals surface area contributed by atoms with Gasteiger partial charge in [-0.3, -0.25) is 9.59 Å². The summed E-state index contributed by atoms with van der Waals surface area (Å²) in [6, 6.07) is 4.72. The number of benzene rings is 1. The zero-order chi connectivity index (χ0) is 17.6. The Labute approximate surface area is 158 Å². The number of carbonyl (C=O) groups is 2. The average Bonchev–Trinajstić information content (AvgIpc) is 2.55. The Bertz CT molecular complexity index is 607. The highest BCUT2D eigenvalue weighted by atomic mass is 35.5. The molecule has 7 nitrogen and oxygen atoms in total. The first-order chi connectivity index (χ1) is 11.5. The molecular weight excluding hydrogens is 369 g/mol. The third-order valence-corrected chi connectivity index (χ3v) is 4.21. The van der Waals surface area contributed by atoms with Crippen molar-refractivity contribution in [2.24, 2.45) is 5.73 Å². The standard InChI is InChI=1S/C16H22ClN3O4.ClH/c1-23-9-6-19-14(21)12-3-2-11(10-13(12)17)20-15(22)16(18)4-7-24-8-5-16;/h2-3,10H,4-9,18H2,1H3,(H,19,21)(H,20,22);1H. The van der Waals surface area contributed by atoms with E-state index >= 15 is 0 Å². The summed E-state index contributed by atoms with van der Waals surface area (Å²) < 4.78 is 10.1. The van der Waals surface area contributed by atoms with Crippen molar-refractivity contribution < 1.29 is 19.1 Å². The molecule has 1 aromatic carbocycles. The van der Waals surface area contributed by atoms with Crippen LogP contribution in [0.15, 0.2) is 18.2 Å². The second kappa shape index (κ2) is 9.94. The molecule has 4 N–H and O–H groups in total. The summed E-state index contributed by atoms with van der Waals surface area (Å²) in [6.07, 6.45) is 0.930. The highest BCUT2D eigenvalue weighted by Crippen LogP contribution is 2.24. The Kier molecular flexibility index (Phi) is 8.61. The molecule has 140 valence electrons. The van der Waals surface area contributed by atoms with Gasteiger partial charge in [-0.05, 0) is 31.0 Å². The van der Waals surface area contributed by atoms with Crippen LogP contribution in [0.5, 0.6) is 0 Å². The Hall–Kier alpha value is -1.38. The van der Waals surface area contributed by atoms with Gasteiger partial charge in [0.1, 0.15) is 5.54 Å². The highest BCUT2D eigenvalue weighted by molar-refractivity contribution is 6.34. The SMILES string of the molecule is COCCNC(=O)c1ccc(NC(=O)C2(N)CCOCC2)cc1Cl.Cl. The molecule has 1 aliphatic heterocycles. The molecule has 1 heterocycles. The number of methoxy groups -OCH3 is 1. The molecular formula is C16H23Cl2N3O4. The maximum atomic E-state index is 12.4. The summed E-state index contributed by atoms with van der Waals surface area (Å²) in [5, 5.41) is 5.70. The van der Waals surface area contributed by atoms with Gasteiger partial charge in [0.2, 0.25) is 5.91 Å². The molecule has 0 atom stereocenters. The van der Waals surface area contributed by atoms with Crippen molar-refractivity contribution in [3.8, 4) is 0 Å². The molecule has 1 aliphatic rings. The number of anilines is 1. The number of hydrogen-bond acceptors (Lipinski definition) is 5. The van der Waals surface area contributed by atoms with Gasteiger partial charge >= 0.3 is 0 Å². The minimum Gasteiger partial charge on any atom is -0.383 e. The molecule has 1 aromatic rings. The van der Waals surface area contributed by atoms with Crippen LogP contribution in [0.1, 0.15) is 23.2 Å². The van der Waals surface area contributed by atoms with Crippen molar-refractivity contribution in [2.45, 2.75) is 18.4 Å². The van der Waals surface area contributed by atoms with Crippen molar-refractivity contribution in [1.82, 2.24) is 5.32 Å². The summed E-state index contributed by atoms with van der Waals surface area (Å²) >= 11 is 6.15. The number of hydrogen-bond donors (Lipinski definition) is 3. The second-order valence-corrected chi connectivity index (χ2v) is 6.07. The molecule has 25 heavy (non-hydrogen) atoms. The molecule has 0 unspecified atom stereocenters. The highest BCUT2D eigenvalue weighted by Gasteiger charge is 2.35. The quantitative estimate of drug-likeness (QED) is 0.638. The topological polar surface area (TPSA) is 103 Å². The molecule has 0 radical (unpaired) electrons. The molecule has 0 aromatic heterocycles. The van der Waals surface area contributed by atoms with E-state index in [2.05, 4.69) is 10.6 Å². The number of carbonyl (C=O) groups excluding carboxylic acids is 2. The van der Waals surface area contributed by atoms with Gasteiger partial charge in [0.05, 0.1) is 17.2 Å². The van der Waals surface area contributed by atoms with Gasteiger partial charge in [-0.25, -0.2) is 0 Å².